The molecule has 3 heteroatoms. The van der Waals surface area contributed by atoms with Crippen LogP contribution >= 0.6 is 0 Å². The number of nitrogens with one attached hydrogen (secondary N) is 1. The number of nitrogens with zero attached hydrogens (tertiary/aromatic N) is 1. The summed E-state index contributed by atoms with van der Waals surface area (Å²) in [7, 11) is 0. The van der Waals surface area contributed by atoms with Gasteiger partial charge < -0.3 is 9.72 Å². The van der Waals surface area contributed by atoms with Crippen LogP contribution in [-0.4, -0.2) is 15.6 Å². The molecule has 1 aliphatic heterocycles. The number of hydrogen-bond donors (Lipinski definition) is 1. The summed E-state index contributed by atoms with van der Waals surface area (Å²) < 4.78 is 6.55. The average molecular weight is 282 g/mol. The van der Waals surface area contributed by atoms with Gasteiger partial charge in [0, 0.05) is 5.92 Å². The number of allylic oxidation sites excluding steroid dienone is 1. The van der Waals surface area contributed by atoms with Crippen LogP contribution < -0.4 is 0 Å². The summed E-state index contributed by atoms with van der Waals surface area (Å²) in [6, 6.07) is 6.46. The minimum atomic E-state index is -0.0543. The molecule has 0 saturated carbocycles. The van der Waals surface area contributed by atoms with E-state index in [1.165, 1.54) is 17.6 Å². The first-order valence-corrected chi connectivity index (χ1v) is 7.82. The van der Waals surface area contributed by atoms with Crippen LogP contribution in [0.4, 0.5) is 0 Å². The van der Waals surface area contributed by atoms with E-state index in [1.54, 1.807) is 6.33 Å². The third-order valence-corrected chi connectivity index (χ3v) is 5.40. The Kier molecular flexibility index (Phi) is 2.77. The number of benzene rings is 1. The Morgan fingerprint density at radius 2 is 2.19 bits per heavy atom. The number of hydrogen-bond acceptors (Lipinski definition) is 2. The molecule has 2 aliphatic rings. The molecule has 0 spiro atoms. The Morgan fingerprint density at radius 1 is 1.33 bits per heavy atom. The summed E-state index contributed by atoms with van der Waals surface area (Å²) in [5.41, 5.74) is 4.80. The molecule has 1 N–H and O–H groups in total. The maximum Gasteiger partial charge on any atom is 0.0931 e. The Morgan fingerprint density at radius 3 is 3.05 bits per heavy atom. The molecule has 1 saturated heterocycles. The fraction of sp³-hybridized carbons (Fsp3) is 0.500. The van der Waals surface area contributed by atoms with Crippen molar-refractivity contribution in [3.05, 3.63) is 41.7 Å². The normalized spacial score (nSPS) is 31.2. The van der Waals surface area contributed by atoms with Crippen LogP contribution in [0.15, 0.2) is 36.2 Å². The number of rotatable bonds is 1. The molecule has 3 unspecified atom stereocenters. The van der Waals surface area contributed by atoms with E-state index in [2.05, 4.69) is 55.0 Å². The van der Waals surface area contributed by atoms with Crippen molar-refractivity contribution >= 4 is 11.0 Å². The van der Waals surface area contributed by atoms with Crippen molar-refractivity contribution in [3.63, 3.8) is 0 Å². The maximum atomic E-state index is 6.55. The number of aromatic amines is 1. The third kappa shape index (κ3) is 2.03. The summed E-state index contributed by atoms with van der Waals surface area (Å²) in [6.07, 6.45) is 6.72. The summed E-state index contributed by atoms with van der Waals surface area (Å²) in [5.74, 6) is 1.15. The lowest BCUT2D eigenvalue weighted by Gasteiger charge is -2.49. The van der Waals surface area contributed by atoms with E-state index in [1.807, 2.05) is 0 Å². The van der Waals surface area contributed by atoms with E-state index >= 15 is 0 Å². The predicted octanol–water partition coefficient (Wildman–Crippen LogP) is 4.39. The highest BCUT2D eigenvalue weighted by molar-refractivity contribution is 5.75. The topological polar surface area (TPSA) is 37.9 Å². The van der Waals surface area contributed by atoms with Crippen LogP contribution in [-0.2, 0) is 4.74 Å². The molecule has 21 heavy (non-hydrogen) atoms. The summed E-state index contributed by atoms with van der Waals surface area (Å²) in [4.78, 5) is 7.51. The third-order valence-electron chi connectivity index (χ3n) is 5.40. The van der Waals surface area contributed by atoms with Crippen LogP contribution in [0.1, 0.15) is 45.3 Å². The van der Waals surface area contributed by atoms with E-state index in [4.69, 9.17) is 4.74 Å². The zero-order valence-electron chi connectivity index (χ0n) is 12.9. The van der Waals surface area contributed by atoms with Crippen molar-refractivity contribution in [2.75, 3.05) is 0 Å². The lowest BCUT2D eigenvalue weighted by Crippen LogP contribution is -2.45. The molecule has 0 amide bonds. The first-order valence-electron chi connectivity index (χ1n) is 7.82. The molecule has 110 valence electrons. The molecular formula is C18H22N2O. The van der Waals surface area contributed by atoms with E-state index < -0.39 is 0 Å². The molecule has 1 aromatic carbocycles. The van der Waals surface area contributed by atoms with Crippen molar-refractivity contribution in [3.8, 4) is 0 Å². The largest absolute Gasteiger partial charge is 0.367 e. The number of H-pyrrole nitrogens is 1. The monoisotopic (exact) mass is 282 g/mol. The number of ether oxygens (including phenoxy) is 1. The Bertz CT molecular complexity index is 713. The van der Waals surface area contributed by atoms with Crippen LogP contribution in [0, 0.1) is 11.8 Å². The highest BCUT2D eigenvalue weighted by atomic mass is 16.5. The van der Waals surface area contributed by atoms with Gasteiger partial charge in [0.1, 0.15) is 0 Å². The van der Waals surface area contributed by atoms with Gasteiger partial charge in [-0.25, -0.2) is 4.98 Å². The van der Waals surface area contributed by atoms with Crippen molar-refractivity contribution in [1.82, 2.24) is 9.97 Å². The molecule has 1 aliphatic carbocycles. The summed E-state index contributed by atoms with van der Waals surface area (Å²) in [5, 5.41) is 0. The highest BCUT2D eigenvalue weighted by Crippen LogP contribution is 2.51. The van der Waals surface area contributed by atoms with Gasteiger partial charge in [-0.2, -0.15) is 0 Å². The van der Waals surface area contributed by atoms with Gasteiger partial charge in [-0.3, -0.25) is 0 Å². The molecule has 4 rings (SSSR count). The number of imidazole rings is 1. The zero-order chi connectivity index (χ0) is 14.6. The van der Waals surface area contributed by atoms with Gasteiger partial charge in [0.05, 0.1) is 29.1 Å². The average Bonchev–Trinajstić information content (AvgIpc) is 2.92. The molecule has 3 nitrogen and oxygen atoms in total. The van der Waals surface area contributed by atoms with Crippen LogP contribution in [0.5, 0.6) is 0 Å². The molecule has 3 atom stereocenters. The minimum absolute atomic E-state index is 0.0543. The van der Waals surface area contributed by atoms with Gasteiger partial charge in [-0.05, 0) is 57.2 Å². The second-order valence-electron chi connectivity index (χ2n) is 7.04. The highest BCUT2D eigenvalue weighted by Gasteiger charge is 2.45. The molecule has 2 heterocycles. The quantitative estimate of drug-likeness (QED) is 0.788. The number of aromatic nitrogens is 2. The summed E-state index contributed by atoms with van der Waals surface area (Å²) >= 11 is 0. The Balaban J connectivity index is 1.78. The summed E-state index contributed by atoms with van der Waals surface area (Å²) in [6.45, 7) is 6.73. The molecule has 0 radical (unpaired) electrons. The first kappa shape index (κ1) is 13.1. The second-order valence-corrected chi connectivity index (χ2v) is 7.04. The molecular weight excluding hydrogens is 260 g/mol. The van der Waals surface area contributed by atoms with Gasteiger partial charge in [0.15, 0.2) is 0 Å². The fourth-order valence-corrected chi connectivity index (χ4v) is 3.93. The smallest absolute Gasteiger partial charge is 0.0931 e. The van der Waals surface area contributed by atoms with Gasteiger partial charge in [-0.15, -0.1) is 0 Å². The van der Waals surface area contributed by atoms with E-state index in [-0.39, 0.29) is 11.7 Å². The minimum Gasteiger partial charge on any atom is -0.367 e. The van der Waals surface area contributed by atoms with E-state index in [0.29, 0.717) is 11.8 Å². The molecule has 1 fully saturated rings. The van der Waals surface area contributed by atoms with Crippen molar-refractivity contribution in [2.24, 2.45) is 11.8 Å². The fourth-order valence-electron chi connectivity index (χ4n) is 3.93. The standard InChI is InChI=1S/C18H22N2O/c1-11-4-6-13-9-14(11)17(21-18(13,2)3)12-5-7-15-16(8-12)20-10-19-15/h4-5,7-8,10,13-14,17H,6,9H2,1-3H3,(H,19,20). The van der Waals surface area contributed by atoms with Crippen LogP contribution in [0.2, 0.25) is 0 Å². The second kappa shape index (κ2) is 4.44. The van der Waals surface area contributed by atoms with Crippen molar-refractivity contribution < 1.29 is 4.74 Å². The zero-order valence-corrected chi connectivity index (χ0v) is 12.9. The van der Waals surface area contributed by atoms with Crippen molar-refractivity contribution in [2.45, 2.75) is 45.3 Å². The van der Waals surface area contributed by atoms with Gasteiger partial charge in [-0.1, -0.05) is 17.7 Å². The SMILES string of the molecule is CC1=CCC2CC1C(c1ccc3nc[nH]c3c1)OC2(C)C. The van der Waals surface area contributed by atoms with Gasteiger partial charge in [0.25, 0.3) is 0 Å². The Labute approximate surface area is 125 Å². The lowest BCUT2D eigenvalue weighted by atomic mass is 9.69. The van der Waals surface area contributed by atoms with Crippen molar-refractivity contribution in [1.29, 1.82) is 0 Å². The molecule has 2 bridgehead atoms. The number of fused-ring (bicyclic) bond motifs is 3. The van der Waals surface area contributed by atoms with Crippen LogP contribution in [0.3, 0.4) is 0 Å². The van der Waals surface area contributed by atoms with Gasteiger partial charge in [0.2, 0.25) is 0 Å². The molecule has 2 aromatic rings. The first-order chi connectivity index (χ1) is 10.0. The molecule has 1 aromatic heterocycles. The van der Waals surface area contributed by atoms with Gasteiger partial charge >= 0.3 is 0 Å². The maximum absolute atomic E-state index is 6.55. The van der Waals surface area contributed by atoms with E-state index in [0.717, 1.165) is 17.5 Å². The van der Waals surface area contributed by atoms with E-state index in [9.17, 15) is 0 Å². The lowest BCUT2D eigenvalue weighted by molar-refractivity contribution is -0.166. The Hall–Kier alpha value is -1.61. The predicted molar refractivity (Wildman–Crippen MR) is 84.0 cm³/mol. The van der Waals surface area contributed by atoms with Crippen LogP contribution in [0.25, 0.3) is 11.0 Å².